The third-order valence-corrected chi connectivity index (χ3v) is 4.17. The van der Waals surface area contributed by atoms with Crippen molar-refractivity contribution in [2.45, 2.75) is 25.5 Å². The molecule has 0 fully saturated rings. The van der Waals surface area contributed by atoms with Gasteiger partial charge in [-0.15, -0.1) is 0 Å². The van der Waals surface area contributed by atoms with Gasteiger partial charge in [-0.1, -0.05) is 31.5 Å². The fraction of sp³-hybridized carbons (Fsp3) is 0.462. The molecule has 1 aromatic heterocycles. The van der Waals surface area contributed by atoms with Crippen LogP contribution in [0.2, 0.25) is 5.02 Å². The Morgan fingerprint density at radius 3 is 2.53 bits per heavy atom. The third kappa shape index (κ3) is 2.77. The molecule has 2 aromatic rings. The van der Waals surface area contributed by atoms with Gasteiger partial charge in [0, 0.05) is 18.7 Å². The lowest BCUT2D eigenvalue weighted by Gasteiger charge is -2.09. The number of aromatic nitrogens is 2. The van der Waals surface area contributed by atoms with Crippen molar-refractivity contribution in [2.24, 2.45) is 7.05 Å². The molecule has 0 radical (unpaired) electrons. The van der Waals surface area contributed by atoms with Gasteiger partial charge in [-0.25, -0.2) is 8.42 Å². The van der Waals surface area contributed by atoms with Gasteiger partial charge in [0.2, 0.25) is 0 Å². The highest BCUT2D eigenvalue weighted by molar-refractivity contribution is 7.89. The molecule has 2 rings (SSSR count). The van der Waals surface area contributed by atoms with Crippen molar-refractivity contribution in [1.29, 1.82) is 0 Å². The molecule has 0 N–H and O–H groups in total. The van der Waals surface area contributed by atoms with E-state index in [0.717, 1.165) is 16.5 Å². The van der Waals surface area contributed by atoms with Gasteiger partial charge >= 0.3 is 0 Å². The van der Waals surface area contributed by atoms with Crippen LogP contribution in [0, 0.1) is 0 Å². The first kappa shape index (κ1) is 14.3. The van der Waals surface area contributed by atoms with E-state index in [9.17, 15) is 8.42 Å². The summed E-state index contributed by atoms with van der Waals surface area (Å²) in [6.45, 7) is 4.18. The van der Waals surface area contributed by atoms with Crippen LogP contribution in [0.3, 0.4) is 0 Å². The summed E-state index contributed by atoms with van der Waals surface area (Å²) in [7, 11) is -1.32. The normalized spacial score (nSPS) is 12.5. The van der Waals surface area contributed by atoms with Crippen LogP contribution < -0.4 is 0 Å². The number of halogens is 1. The van der Waals surface area contributed by atoms with Gasteiger partial charge < -0.3 is 0 Å². The third-order valence-electron chi connectivity index (χ3n) is 3.06. The Morgan fingerprint density at radius 1 is 1.37 bits per heavy atom. The Bertz CT molecular complexity index is 733. The van der Waals surface area contributed by atoms with E-state index in [1.165, 1.54) is 6.26 Å². The molecule has 0 spiro atoms. The lowest BCUT2D eigenvalue weighted by Crippen LogP contribution is -2.02. The zero-order valence-electron chi connectivity index (χ0n) is 11.4. The summed E-state index contributed by atoms with van der Waals surface area (Å²) < 4.78 is 24.7. The number of hydrogen-bond acceptors (Lipinski definition) is 3. The smallest absolute Gasteiger partial charge is 0.153 e. The highest BCUT2D eigenvalue weighted by Crippen LogP contribution is 2.33. The van der Waals surface area contributed by atoms with Crippen LogP contribution in [0.1, 0.15) is 31.0 Å². The van der Waals surface area contributed by atoms with E-state index in [1.54, 1.807) is 4.68 Å². The minimum atomic E-state index is -3.14. The summed E-state index contributed by atoms with van der Waals surface area (Å²) in [5, 5.41) is 5.63. The summed E-state index contributed by atoms with van der Waals surface area (Å²) >= 11 is 6.23. The van der Waals surface area contributed by atoms with E-state index >= 15 is 0 Å². The summed E-state index contributed by atoms with van der Waals surface area (Å²) in [5.74, 6) is 0.229. The molecule has 104 valence electrons. The second-order valence-electron chi connectivity index (χ2n) is 5.16. The highest BCUT2D eigenvalue weighted by Gasteiger charge is 2.19. The van der Waals surface area contributed by atoms with Crippen LogP contribution in [-0.2, 0) is 22.6 Å². The Balaban J connectivity index is 2.80. The minimum absolute atomic E-state index is 0.0917. The van der Waals surface area contributed by atoms with Crippen molar-refractivity contribution in [1.82, 2.24) is 9.78 Å². The molecule has 0 saturated carbocycles. The number of aryl methyl sites for hydroxylation is 1. The average Bonchev–Trinajstić information content (AvgIpc) is 2.54. The molecule has 1 aromatic carbocycles. The van der Waals surface area contributed by atoms with Crippen molar-refractivity contribution in [3.63, 3.8) is 0 Å². The fourth-order valence-corrected chi connectivity index (χ4v) is 3.26. The van der Waals surface area contributed by atoms with Gasteiger partial charge in [0.1, 0.15) is 0 Å². The standard InChI is InChI=1S/C13H17ClN2O2S/c1-8(2)9-5-6-10(14)12-11(7-19(4,17)18)15-16(3)13(9)12/h5-6,8H,7H2,1-4H3. The first-order valence-corrected chi connectivity index (χ1v) is 8.46. The van der Waals surface area contributed by atoms with Gasteiger partial charge in [0.05, 0.1) is 22.0 Å². The molecule has 0 aliphatic heterocycles. The van der Waals surface area contributed by atoms with E-state index in [1.807, 2.05) is 19.2 Å². The molecular weight excluding hydrogens is 284 g/mol. The SMILES string of the molecule is CC(C)c1ccc(Cl)c2c(CS(C)(=O)=O)nn(C)c12. The van der Waals surface area contributed by atoms with E-state index in [0.29, 0.717) is 16.6 Å². The van der Waals surface area contributed by atoms with Crippen LogP contribution in [0.25, 0.3) is 10.9 Å². The first-order chi connectivity index (χ1) is 8.70. The monoisotopic (exact) mass is 300 g/mol. The second kappa shape index (κ2) is 4.80. The van der Waals surface area contributed by atoms with Gasteiger partial charge in [0.25, 0.3) is 0 Å². The highest BCUT2D eigenvalue weighted by atomic mass is 35.5. The van der Waals surface area contributed by atoms with Gasteiger partial charge in [-0.2, -0.15) is 5.10 Å². The number of fused-ring (bicyclic) bond motifs is 1. The maximum atomic E-state index is 11.5. The molecule has 6 heteroatoms. The van der Waals surface area contributed by atoms with E-state index in [4.69, 9.17) is 11.6 Å². The summed E-state index contributed by atoms with van der Waals surface area (Å²) in [4.78, 5) is 0. The lowest BCUT2D eigenvalue weighted by atomic mass is 10.00. The fourth-order valence-electron chi connectivity index (χ4n) is 2.30. The van der Waals surface area contributed by atoms with Crippen LogP contribution >= 0.6 is 11.6 Å². The molecule has 1 heterocycles. The van der Waals surface area contributed by atoms with Crippen molar-refractivity contribution in [3.05, 3.63) is 28.4 Å². The molecule has 4 nitrogen and oxygen atoms in total. The molecular formula is C13H17ClN2O2S. The van der Waals surface area contributed by atoms with Crippen molar-refractivity contribution in [3.8, 4) is 0 Å². The van der Waals surface area contributed by atoms with Gasteiger partial charge in [0.15, 0.2) is 9.84 Å². The van der Waals surface area contributed by atoms with E-state index in [-0.39, 0.29) is 5.75 Å². The Kier molecular flexibility index (Phi) is 3.62. The summed E-state index contributed by atoms with van der Waals surface area (Å²) in [5.41, 5.74) is 2.56. The summed E-state index contributed by atoms with van der Waals surface area (Å²) in [6.07, 6.45) is 1.20. The maximum Gasteiger partial charge on any atom is 0.153 e. The van der Waals surface area contributed by atoms with Gasteiger partial charge in [-0.05, 0) is 17.5 Å². The Hall–Kier alpha value is -1.07. The number of nitrogens with zero attached hydrogens (tertiary/aromatic N) is 2. The largest absolute Gasteiger partial charge is 0.267 e. The average molecular weight is 301 g/mol. The molecule has 0 atom stereocenters. The van der Waals surface area contributed by atoms with Crippen molar-refractivity contribution in [2.75, 3.05) is 6.26 Å². The molecule has 19 heavy (non-hydrogen) atoms. The van der Waals surface area contributed by atoms with Gasteiger partial charge in [-0.3, -0.25) is 4.68 Å². The lowest BCUT2D eigenvalue weighted by molar-refractivity contribution is 0.600. The number of rotatable bonds is 3. The Morgan fingerprint density at radius 2 is 2.00 bits per heavy atom. The van der Waals surface area contributed by atoms with Crippen LogP contribution in [0.4, 0.5) is 0 Å². The molecule has 0 saturated heterocycles. The van der Waals surface area contributed by atoms with Crippen LogP contribution in [0.15, 0.2) is 12.1 Å². The number of benzene rings is 1. The molecule has 0 aliphatic carbocycles. The predicted molar refractivity (Wildman–Crippen MR) is 78.4 cm³/mol. The minimum Gasteiger partial charge on any atom is -0.267 e. The summed E-state index contributed by atoms with van der Waals surface area (Å²) in [6, 6.07) is 3.79. The van der Waals surface area contributed by atoms with Crippen LogP contribution in [-0.4, -0.2) is 24.5 Å². The molecule has 0 unspecified atom stereocenters. The quantitative estimate of drug-likeness (QED) is 0.876. The maximum absolute atomic E-state index is 11.5. The van der Waals surface area contributed by atoms with Crippen LogP contribution in [0.5, 0.6) is 0 Å². The first-order valence-electron chi connectivity index (χ1n) is 6.02. The molecule has 0 amide bonds. The topological polar surface area (TPSA) is 52.0 Å². The molecule has 0 aliphatic rings. The number of hydrogen-bond donors (Lipinski definition) is 0. The predicted octanol–water partition coefficient (Wildman–Crippen LogP) is 2.89. The van der Waals surface area contributed by atoms with Crippen molar-refractivity contribution < 1.29 is 8.42 Å². The van der Waals surface area contributed by atoms with E-state index < -0.39 is 9.84 Å². The Labute approximate surface area is 118 Å². The number of sulfone groups is 1. The van der Waals surface area contributed by atoms with E-state index in [2.05, 4.69) is 18.9 Å². The molecule has 0 bridgehead atoms. The second-order valence-corrected chi connectivity index (χ2v) is 7.70. The zero-order chi connectivity index (χ0) is 14.4. The van der Waals surface area contributed by atoms with Crippen molar-refractivity contribution >= 4 is 32.3 Å². The zero-order valence-corrected chi connectivity index (χ0v) is 13.0.